The van der Waals surface area contributed by atoms with Crippen LogP contribution in [-0.2, 0) is 6.54 Å². The summed E-state index contributed by atoms with van der Waals surface area (Å²) in [4.78, 5) is 11.0. The number of rotatable bonds is 2. The summed E-state index contributed by atoms with van der Waals surface area (Å²) in [7, 11) is 0. The Morgan fingerprint density at radius 1 is 1.21 bits per heavy atom. The lowest BCUT2D eigenvalue weighted by molar-refractivity contribution is 0.350. The van der Waals surface area contributed by atoms with Crippen LogP contribution in [0.2, 0.25) is 0 Å². The molecule has 1 aromatic heterocycles. The zero-order chi connectivity index (χ0) is 13.7. The van der Waals surface area contributed by atoms with Gasteiger partial charge in [0.2, 0.25) is 0 Å². The molecule has 1 N–H and O–H groups in total. The summed E-state index contributed by atoms with van der Waals surface area (Å²) in [5.41, 5.74) is 1.20. The van der Waals surface area contributed by atoms with E-state index >= 15 is 0 Å². The number of aromatic nitrogens is 1. The number of halogens is 1. The second-order valence-electron chi connectivity index (χ2n) is 4.01. The predicted molar refractivity (Wildman–Crippen MR) is 70.2 cm³/mol. The first kappa shape index (κ1) is 13.1. The average molecular weight is 257 g/mol. The van der Waals surface area contributed by atoms with Crippen molar-refractivity contribution >= 4 is 0 Å². The van der Waals surface area contributed by atoms with Crippen LogP contribution in [0.25, 0.3) is 0 Å². The molecule has 0 aliphatic rings. The molecule has 1 heterocycles. The summed E-state index contributed by atoms with van der Waals surface area (Å²) < 4.78 is 15.2. The van der Waals surface area contributed by atoms with Gasteiger partial charge in [0.1, 0.15) is 12.4 Å². The van der Waals surface area contributed by atoms with Gasteiger partial charge in [-0.05, 0) is 23.8 Å². The van der Waals surface area contributed by atoms with E-state index in [9.17, 15) is 9.18 Å². The van der Waals surface area contributed by atoms with E-state index in [1.54, 1.807) is 23.0 Å². The second-order valence-corrected chi connectivity index (χ2v) is 4.01. The zero-order valence-corrected chi connectivity index (χ0v) is 10.1. The lowest BCUT2D eigenvalue weighted by atomic mass is 10.1. The van der Waals surface area contributed by atoms with Crippen molar-refractivity contribution in [1.29, 1.82) is 0 Å². The molecule has 0 bridgehead atoms. The minimum Gasteiger partial charge on any atom is -0.384 e. The Kier molecular flexibility index (Phi) is 4.11. The van der Waals surface area contributed by atoms with Gasteiger partial charge in [-0.2, -0.15) is 0 Å². The number of hydrogen-bond donors (Lipinski definition) is 1. The molecule has 0 fully saturated rings. The minimum absolute atomic E-state index is 0.0648. The molecule has 0 aliphatic heterocycles. The molecule has 0 atom stereocenters. The van der Waals surface area contributed by atoms with Crippen LogP contribution in [0.1, 0.15) is 11.1 Å². The van der Waals surface area contributed by atoms with Crippen molar-refractivity contribution in [3.8, 4) is 11.8 Å². The first-order valence-electron chi connectivity index (χ1n) is 5.73. The van der Waals surface area contributed by atoms with Crippen molar-refractivity contribution in [3.05, 3.63) is 69.9 Å². The van der Waals surface area contributed by atoms with Crippen LogP contribution < -0.4 is 5.43 Å². The van der Waals surface area contributed by atoms with E-state index in [1.807, 2.05) is 0 Å². The quantitative estimate of drug-likeness (QED) is 0.826. The van der Waals surface area contributed by atoms with Crippen LogP contribution in [-0.4, -0.2) is 16.3 Å². The van der Waals surface area contributed by atoms with Crippen molar-refractivity contribution in [3.63, 3.8) is 0 Å². The largest absolute Gasteiger partial charge is 0.384 e. The molecule has 3 nitrogen and oxygen atoms in total. The molecule has 0 aliphatic carbocycles. The normalized spacial score (nSPS) is 9.79. The standard InChI is InChI=1S/C15H12FNO2/c16-14-9-12(2-1-7-18)8-13(10-14)11-17-5-3-15(19)4-6-17/h3-6,8-10,18H,7,11H2. The third-order valence-corrected chi connectivity index (χ3v) is 2.50. The molecular formula is C15H12FNO2. The SMILES string of the molecule is O=c1ccn(Cc2cc(F)cc(C#CCO)c2)cc1. The fourth-order valence-electron chi connectivity index (χ4n) is 1.72. The summed E-state index contributed by atoms with van der Waals surface area (Å²) in [5.74, 6) is 4.78. The van der Waals surface area contributed by atoms with Crippen molar-refractivity contribution < 1.29 is 9.50 Å². The van der Waals surface area contributed by atoms with Gasteiger partial charge >= 0.3 is 0 Å². The Labute approximate surface area is 109 Å². The Bertz CT molecular complexity index is 675. The Morgan fingerprint density at radius 3 is 2.63 bits per heavy atom. The van der Waals surface area contributed by atoms with Crippen molar-refractivity contribution in [2.75, 3.05) is 6.61 Å². The number of nitrogens with zero attached hydrogens (tertiary/aromatic N) is 1. The summed E-state index contributed by atoms with van der Waals surface area (Å²) in [6.07, 6.45) is 3.29. The molecule has 2 rings (SSSR count). The van der Waals surface area contributed by atoms with E-state index in [-0.39, 0.29) is 17.9 Å². The molecule has 0 spiro atoms. The molecule has 0 unspecified atom stereocenters. The van der Waals surface area contributed by atoms with E-state index < -0.39 is 0 Å². The van der Waals surface area contributed by atoms with Gasteiger partial charge in [0, 0.05) is 36.6 Å². The fourth-order valence-corrected chi connectivity index (χ4v) is 1.72. The van der Waals surface area contributed by atoms with E-state index in [2.05, 4.69) is 11.8 Å². The molecule has 0 saturated carbocycles. The van der Waals surface area contributed by atoms with Gasteiger partial charge in [0.15, 0.2) is 5.43 Å². The van der Waals surface area contributed by atoms with Crippen molar-refractivity contribution in [1.82, 2.24) is 4.57 Å². The van der Waals surface area contributed by atoms with Gasteiger partial charge < -0.3 is 9.67 Å². The van der Waals surface area contributed by atoms with E-state index in [0.29, 0.717) is 12.1 Å². The second kappa shape index (κ2) is 5.98. The molecule has 2 aromatic rings. The molecule has 0 saturated heterocycles. The van der Waals surface area contributed by atoms with E-state index in [0.717, 1.165) is 5.56 Å². The topological polar surface area (TPSA) is 42.2 Å². The first-order valence-corrected chi connectivity index (χ1v) is 5.73. The summed E-state index contributed by atoms with van der Waals surface area (Å²) in [6, 6.07) is 7.39. The van der Waals surface area contributed by atoms with Crippen molar-refractivity contribution in [2.24, 2.45) is 0 Å². The molecule has 1 aromatic carbocycles. The lowest BCUT2D eigenvalue weighted by Crippen LogP contribution is -2.05. The van der Waals surface area contributed by atoms with Crippen LogP contribution in [0.15, 0.2) is 47.5 Å². The number of aliphatic hydroxyl groups is 1. The smallest absolute Gasteiger partial charge is 0.181 e. The van der Waals surface area contributed by atoms with E-state index in [1.165, 1.54) is 24.3 Å². The monoisotopic (exact) mass is 257 g/mol. The van der Waals surface area contributed by atoms with Crippen molar-refractivity contribution in [2.45, 2.75) is 6.54 Å². The Hall–Kier alpha value is -2.38. The maximum Gasteiger partial charge on any atom is 0.181 e. The summed E-state index contributed by atoms with van der Waals surface area (Å²) in [6.45, 7) is 0.192. The highest BCUT2D eigenvalue weighted by Gasteiger charge is 2.00. The number of pyridine rings is 1. The number of aliphatic hydroxyl groups excluding tert-OH is 1. The van der Waals surface area contributed by atoms with Gasteiger partial charge in [0.05, 0.1) is 0 Å². The molecule has 4 heteroatoms. The van der Waals surface area contributed by atoms with Crippen LogP contribution in [0.4, 0.5) is 4.39 Å². The van der Waals surface area contributed by atoms with Gasteiger partial charge in [-0.3, -0.25) is 4.79 Å². The predicted octanol–water partition coefficient (Wildman–Crippen LogP) is 1.38. The highest BCUT2D eigenvalue weighted by Crippen LogP contribution is 2.10. The third-order valence-electron chi connectivity index (χ3n) is 2.50. The molecule has 0 amide bonds. The summed E-state index contributed by atoms with van der Waals surface area (Å²) >= 11 is 0. The third kappa shape index (κ3) is 3.80. The maximum atomic E-state index is 13.4. The van der Waals surface area contributed by atoms with Crippen LogP contribution in [0, 0.1) is 17.7 Å². The summed E-state index contributed by atoms with van der Waals surface area (Å²) in [5, 5.41) is 8.63. The fraction of sp³-hybridized carbons (Fsp3) is 0.133. The lowest BCUT2D eigenvalue weighted by Gasteiger charge is -2.06. The highest BCUT2D eigenvalue weighted by atomic mass is 19.1. The zero-order valence-electron chi connectivity index (χ0n) is 10.1. The minimum atomic E-state index is -0.374. The molecule has 19 heavy (non-hydrogen) atoms. The molecular weight excluding hydrogens is 245 g/mol. The Balaban J connectivity index is 2.27. The van der Waals surface area contributed by atoms with Crippen LogP contribution in [0.5, 0.6) is 0 Å². The van der Waals surface area contributed by atoms with Gasteiger partial charge in [-0.1, -0.05) is 11.8 Å². The van der Waals surface area contributed by atoms with Gasteiger partial charge in [-0.25, -0.2) is 4.39 Å². The number of hydrogen-bond acceptors (Lipinski definition) is 2. The Morgan fingerprint density at radius 2 is 1.95 bits per heavy atom. The molecule has 96 valence electrons. The maximum absolute atomic E-state index is 13.4. The molecule has 0 radical (unpaired) electrons. The van der Waals surface area contributed by atoms with Crippen LogP contribution >= 0.6 is 0 Å². The number of benzene rings is 1. The average Bonchev–Trinajstić information content (AvgIpc) is 2.38. The van der Waals surface area contributed by atoms with Gasteiger partial charge in [-0.15, -0.1) is 0 Å². The van der Waals surface area contributed by atoms with E-state index in [4.69, 9.17) is 5.11 Å². The van der Waals surface area contributed by atoms with Gasteiger partial charge in [0.25, 0.3) is 0 Å². The first-order chi connectivity index (χ1) is 9.17. The van der Waals surface area contributed by atoms with Crippen LogP contribution in [0.3, 0.4) is 0 Å². The highest BCUT2D eigenvalue weighted by molar-refractivity contribution is 5.38.